The molecule has 0 radical (unpaired) electrons. The SMILES string of the molecule is CC(CO)CNC1CCc2cccnc21. The third-order valence-electron chi connectivity index (χ3n) is 2.98. The van der Waals surface area contributed by atoms with Gasteiger partial charge in [0.25, 0.3) is 0 Å². The summed E-state index contributed by atoms with van der Waals surface area (Å²) >= 11 is 0. The van der Waals surface area contributed by atoms with Crippen LogP contribution < -0.4 is 5.32 Å². The third kappa shape index (κ3) is 2.36. The highest BCUT2D eigenvalue weighted by atomic mass is 16.3. The fourth-order valence-corrected chi connectivity index (χ4v) is 2.02. The van der Waals surface area contributed by atoms with Gasteiger partial charge in [0.05, 0.1) is 11.7 Å². The highest BCUT2D eigenvalue weighted by Gasteiger charge is 2.22. The predicted octanol–water partition coefficient (Wildman–Crippen LogP) is 1.29. The second-order valence-electron chi connectivity index (χ2n) is 4.34. The fraction of sp³-hybridized carbons (Fsp3) is 0.583. The Hall–Kier alpha value is -0.930. The fourth-order valence-electron chi connectivity index (χ4n) is 2.02. The third-order valence-corrected chi connectivity index (χ3v) is 2.98. The van der Waals surface area contributed by atoms with Gasteiger partial charge in [-0.25, -0.2) is 0 Å². The minimum atomic E-state index is 0.245. The van der Waals surface area contributed by atoms with Gasteiger partial charge in [-0.2, -0.15) is 0 Å². The molecule has 0 amide bonds. The number of aryl methyl sites for hydroxylation is 1. The number of hydrogen-bond donors (Lipinski definition) is 2. The van der Waals surface area contributed by atoms with E-state index < -0.39 is 0 Å². The molecule has 2 rings (SSSR count). The van der Waals surface area contributed by atoms with Crippen LogP contribution in [0.5, 0.6) is 0 Å². The second kappa shape index (κ2) is 4.73. The Kier molecular flexibility index (Phi) is 3.34. The standard InChI is InChI=1S/C12H18N2O/c1-9(8-15)7-14-11-5-4-10-3-2-6-13-12(10)11/h2-3,6,9,11,14-15H,4-5,7-8H2,1H3. The van der Waals surface area contributed by atoms with E-state index in [0.29, 0.717) is 12.0 Å². The molecule has 0 aliphatic heterocycles. The number of pyridine rings is 1. The first-order valence-corrected chi connectivity index (χ1v) is 5.59. The Morgan fingerprint density at radius 1 is 1.67 bits per heavy atom. The van der Waals surface area contributed by atoms with Crippen LogP contribution in [0.2, 0.25) is 0 Å². The summed E-state index contributed by atoms with van der Waals surface area (Å²) in [5, 5.41) is 12.4. The molecule has 82 valence electrons. The van der Waals surface area contributed by atoms with E-state index in [-0.39, 0.29) is 6.61 Å². The van der Waals surface area contributed by atoms with Gasteiger partial charge in [0.15, 0.2) is 0 Å². The van der Waals surface area contributed by atoms with Crippen LogP contribution in [-0.4, -0.2) is 23.2 Å². The smallest absolute Gasteiger partial charge is 0.0605 e. The second-order valence-corrected chi connectivity index (χ2v) is 4.34. The maximum absolute atomic E-state index is 8.95. The zero-order valence-electron chi connectivity index (χ0n) is 9.11. The lowest BCUT2D eigenvalue weighted by molar-refractivity contribution is 0.230. The van der Waals surface area contributed by atoms with Crippen molar-refractivity contribution < 1.29 is 5.11 Å². The molecule has 3 heteroatoms. The van der Waals surface area contributed by atoms with Crippen molar-refractivity contribution >= 4 is 0 Å². The summed E-state index contributed by atoms with van der Waals surface area (Å²) in [7, 11) is 0. The largest absolute Gasteiger partial charge is 0.396 e. The van der Waals surface area contributed by atoms with Crippen LogP contribution in [0, 0.1) is 5.92 Å². The highest BCUT2D eigenvalue weighted by molar-refractivity contribution is 5.27. The first-order chi connectivity index (χ1) is 7.31. The molecule has 1 aliphatic carbocycles. The zero-order valence-corrected chi connectivity index (χ0v) is 9.11. The van der Waals surface area contributed by atoms with Crippen molar-refractivity contribution in [2.75, 3.05) is 13.2 Å². The van der Waals surface area contributed by atoms with E-state index in [1.807, 2.05) is 19.2 Å². The van der Waals surface area contributed by atoms with Crippen LogP contribution in [-0.2, 0) is 6.42 Å². The number of aliphatic hydroxyl groups excluding tert-OH is 1. The summed E-state index contributed by atoms with van der Waals surface area (Å²) in [5.41, 5.74) is 2.56. The van der Waals surface area contributed by atoms with Crippen LogP contribution in [0.25, 0.3) is 0 Å². The van der Waals surface area contributed by atoms with E-state index in [4.69, 9.17) is 5.11 Å². The quantitative estimate of drug-likeness (QED) is 0.780. The van der Waals surface area contributed by atoms with Gasteiger partial charge in [-0.15, -0.1) is 0 Å². The average Bonchev–Trinajstić information content (AvgIpc) is 2.69. The van der Waals surface area contributed by atoms with Gasteiger partial charge in [0.1, 0.15) is 0 Å². The van der Waals surface area contributed by atoms with Gasteiger partial charge in [-0.3, -0.25) is 4.98 Å². The molecule has 0 saturated carbocycles. The zero-order chi connectivity index (χ0) is 10.7. The number of rotatable bonds is 4. The summed E-state index contributed by atoms with van der Waals surface area (Å²) < 4.78 is 0. The van der Waals surface area contributed by atoms with Crippen molar-refractivity contribution in [1.82, 2.24) is 10.3 Å². The lowest BCUT2D eigenvalue weighted by Crippen LogP contribution is -2.26. The minimum absolute atomic E-state index is 0.245. The van der Waals surface area contributed by atoms with E-state index in [1.54, 1.807) is 0 Å². The van der Waals surface area contributed by atoms with Crippen LogP contribution in [0.1, 0.15) is 30.6 Å². The average molecular weight is 206 g/mol. The molecule has 1 aromatic rings. The summed E-state index contributed by atoms with van der Waals surface area (Å²) in [5.74, 6) is 0.317. The molecule has 1 aliphatic rings. The van der Waals surface area contributed by atoms with Crippen LogP contribution in [0.15, 0.2) is 18.3 Å². The number of aliphatic hydroxyl groups is 1. The van der Waals surface area contributed by atoms with Crippen LogP contribution in [0.3, 0.4) is 0 Å². The Balaban J connectivity index is 1.96. The van der Waals surface area contributed by atoms with Gasteiger partial charge in [0.2, 0.25) is 0 Å². The normalized spacial score (nSPS) is 21.3. The summed E-state index contributed by atoms with van der Waals surface area (Å²) in [6.07, 6.45) is 4.10. The molecular formula is C12H18N2O. The van der Waals surface area contributed by atoms with Crippen molar-refractivity contribution in [1.29, 1.82) is 0 Å². The molecule has 3 nitrogen and oxygen atoms in total. The molecule has 0 bridgehead atoms. The van der Waals surface area contributed by atoms with Gasteiger partial charge in [-0.05, 0) is 30.4 Å². The van der Waals surface area contributed by atoms with Crippen molar-refractivity contribution in [3.8, 4) is 0 Å². The minimum Gasteiger partial charge on any atom is -0.396 e. The Labute approximate surface area is 90.5 Å². The highest BCUT2D eigenvalue weighted by Crippen LogP contribution is 2.28. The molecule has 2 N–H and O–H groups in total. The van der Waals surface area contributed by atoms with Crippen molar-refractivity contribution in [3.63, 3.8) is 0 Å². The first-order valence-electron chi connectivity index (χ1n) is 5.59. The Morgan fingerprint density at radius 2 is 2.53 bits per heavy atom. The Morgan fingerprint density at radius 3 is 3.33 bits per heavy atom. The van der Waals surface area contributed by atoms with Crippen molar-refractivity contribution in [3.05, 3.63) is 29.6 Å². The van der Waals surface area contributed by atoms with E-state index in [0.717, 1.165) is 19.4 Å². The van der Waals surface area contributed by atoms with Crippen LogP contribution >= 0.6 is 0 Å². The number of hydrogen-bond acceptors (Lipinski definition) is 3. The van der Waals surface area contributed by atoms with Crippen LogP contribution in [0.4, 0.5) is 0 Å². The molecule has 15 heavy (non-hydrogen) atoms. The molecule has 2 unspecified atom stereocenters. The van der Waals surface area contributed by atoms with E-state index in [9.17, 15) is 0 Å². The maximum Gasteiger partial charge on any atom is 0.0605 e. The topological polar surface area (TPSA) is 45.1 Å². The van der Waals surface area contributed by atoms with Gasteiger partial charge >= 0.3 is 0 Å². The molecule has 0 fully saturated rings. The lowest BCUT2D eigenvalue weighted by atomic mass is 10.1. The van der Waals surface area contributed by atoms with Gasteiger partial charge < -0.3 is 10.4 Å². The molecule has 2 atom stereocenters. The maximum atomic E-state index is 8.95. The molecule has 1 aromatic heterocycles. The molecule has 0 saturated heterocycles. The van der Waals surface area contributed by atoms with E-state index >= 15 is 0 Å². The Bertz CT molecular complexity index is 327. The monoisotopic (exact) mass is 206 g/mol. The number of nitrogens with one attached hydrogen (secondary N) is 1. The summed E-state index contributed by atoms with van der Waals surface area (Å²) in [4.78, 5) is 4.42. The predicted molar refractivity (Wildman–Crippen MR) is 59.6 cm³/mol. The molecule has 0 spiro atoms. The molecular weight excluding hydrogens is 188 g/mol. The van der Waals surface area contributed by atoms with Gasteiger partial charge in [0, 0.05) is 19.3 Å². The molecule has 1 heterocycles. The summed E-state index contributed by atoms with van der Waals surface area (Å²) in [6.45, 7) is 3.15. The first kappa shape index (κ1) is 10.6. The summed E-state index contributed by atoms with van der Waals surface area (Å²) in [6, 6.07) is 4.53. The van der Waals surface area contributed by atoms with Crippen molar-refractivity contribution in [2.24, 2.45) is 5.92 Å². The number of aromatic nitrogens is 1. The number of nitrogens with zero attached hydrogens (tertiary/aromatic N) is 1. The number of fused-ring (bicyclic) bond motifs is 1. The van der Waals surface area contributed by atoms with Gasteiger partial charge in [-0.1, -0.05) is 13.0 Å². The lowest BCUT2D eigenvalue weighted by Gasteiger charge is -2.15. The van der Waals surface area contributed by atoms with E-state index in [1.165, 1.54) is 11.3 Å². The van der Waals surface area contributed by atoms with Crippen molar-refractivity contribution in [2.45, 2.75) is 25.8 Å². The molecule has 0 aromatic carbocycles. The van der Waals surface area contributed by atoms with E-state index in [2.05, 4.69) is 16.4 Å².